The number of guanidine groups is 1. The van der Waals surface area contributed by atoms with Crippen molar-refractivity contribution in [3.63, 3.8) is 0 Å². The zero-order valence-corrected chi connectivity index (χ0v) is 19.4. The molecule has 1 aromatic rings. The number of nitrogens with zero attached hydrogens (tertiary/aromatic N) is 4. The van der Waals surface area contributed by atoms with Gasteiger partial charge in [-0.05, 0) is 38.3 Å². The summed E-state index contributed by atoms with van der Waals surface area (Å²) < 4.78 is 6.09. The van der Waals surface area contributed by atoms with Gasteiger partial charge in [-0.15, -0.1) is 0 Å². The quantitative estimate of drug-likeness (QED) is 0.581. The lowest BCUT2D eigenvalue weighted by Crippen LogP contribution is -2.53. The summed E-state index contributed by atoms with van der Waals surface area (Å²) in [4.78, 5) is 14.5. The highest BCUT2D eigenvalue weighted by atomic mass is 32.2. The first kappa shape index (κ1) is 21.8. The molecule has 0 amide bonds. The molecule has 2 aliphatic heterocycles. The van der Waals surface area contributed by atoms with Crippen LogP contribution in [0.3, 0.4) is 0 Å². The summed E-state index contributed by atoms with van der Waals surface area (Å²) in [6.45, 7) is 10.7. The van der Waals surface area contributed by atoms with Crippen molar-refractivity contribution < 1.29 is 4.74 Å². The van der Waals surface area contributed by atoms with Gasteiger partial charge in [0, 0.05) is 49.4 Å². The van der Waals surface area contributed by atoms with E-state index in [9.17, 15) is 0 Å². The molecule has 1 saturated carbocycles. The SMILES string of the molecule is CCNC(=NCc1ccc(N2CCOC(C)C2)nc1)N1CCSC2(CCCCC2)C1. The van der Waals surface area contributed by atoms with Crippen LogP contribution in [0, 0.1) is 0 Å². The Morgan fingerprint density at radius 1 is 1.30 bits per heavy atom. The monoisotopic (exact) mass is 431 g/mol. The second-order valence-corrected chi connectivity index (χ2v) is 10.4. The molecule has 4 rings (SSSR count). The zero-order chi connectivity index (χ0) is 20.8. The van der Waals surface area contributed by atoms with Crippen LogP contribution in [0.4, 0.5) is 5.82 Å². The largest absolute Gasteiger partial charge is 0.375 e. The van der Waals surface area contributed by atoms with Crippen molar-refractivity contribution in [2.45, 2.75) is 63.3 Å². The minimum Gasteiger partial charge on any atom is -0.375 e. The first-order valence-electron chi connectivity index (χ1n) is 11.7. The molecule has 166 valence electrons. The molecule has 1 atom stereocenters. The summed E-state index contributed by atoms with van der Waals surface area (Å²) in [5.74, 6) is 3.31. The van der Waals surface area contributed by atoms with Gasteiger partial charge in [-0.2, -0.15) is 11.8 Å². The Balaban J connectivity index is 1.40. The van der Waals surface area contributed by atoms with Crippen LogP contribution in [0.15, 0.2) is 23.3 Å². The minimum atomic E-state index is 0.266. The molecule has 1 aliphatic carbocycles. The van der Waals surface area contributed by atoms with Crippen LogP contribution < -0.4 is 10.2 Å². The van der Waals surface area contributed by atoms with E-state index >= 15 is 0 Å². The van der Waals surface area contributed by atoms with E-state index in [-0.39, 0.29) is 6.10 Å². The molecule has 1 N–H and O–H groups in total. The molecule has 0 bridgehead atoms. The van der Waals surface area contributed by atoms with Gasteiger partial charge in [0.15, 0.2) is 5.96 Å². The molecule has 1 aromatic heterocycles. The van der Waals surface area contributed by atoms with Crippen LogP contribution in [-0.4, -0.2) is 71.8 Å². The van der Waals surface area contributed by atoms with E-state index in [1.165, 1.54) is 37.9 Å². The number of morpholine rings is 1. The number of rotatable bonds is 4. The van der Waals surface area contributed by atoms with Gasteiger partial charge in [0.1, 0.15) is 5.82 Å². The van der Waals surface area contributed by atoms with Gasteiger partial charge >= 0.3 is 0 Å². The maximum absolute atomic E-state index is 5.64. The average Bonchev–Trinajstić information content (AvgIpc) is 2.77. The third-order valence-corrected chi connectivity index (χ3v) is 7.97. The summed E-state index contributed by atoms with van der Waals surface area (Å²) >= 11 is 2.21. The van der Waals surface area contributed by atoms with Crippen LogP contribution in [0.25, 0.3) is 0 Å². The van der Waals surface area contributed by atoms with E-state index in [2.05, 4.69) is 52.9 Å². The van der Waals surface area contributed by atoms with E-state index in [4.69, 9.17) is 14.7 Å². The number of pyridine rings is 1. The predicted octanol–water partition coefficient (Wildman–Crippen LogP) is 3.52. The van der Waals surface area contributed by atoms with Crippen molar-refractivity contribution in [2.75, 3.05) is 50.0 Å². The van der Waals surface area contributed by atoms with Crippen molar-refractivity contribution in [3.8, 4) is 0 Å². The maximum Gasteiger partial charge on any atom is 0.194 e. The standard InChI is InChI=1S/C23H37N5OS/c1-3-24-22(28-12-14-30-23(18-28)9-5-4-6-10-23)26-16-20-7-8-21(25-15-20)27-11-13-29-19(2)17-27/h7-8,15,19H,3-6,9-14,16-18H2,1-2H3,(H,24,26). The molecule has 30 heavy (non-hydrogen) atoms. The lowest BCUT2D eigenvalue weighted by Gasteiger charge is -2.45. The van der Waals surface area contributed by atoms with Gasteiger partial charge in [-0.1, -0.05) is 25.3 Å². The van der Waals surface area contributed by atoms with Crippen molar-refractivity contribution in [2.24, 2.45) is 4.99 Å². The summed E-state index contributed by atoms with van der Waals surface area (Å²) in [6.07, 6.45) is 9.14. The van der Waals surface area contributed by atoms with Crippen molar-refractivity contribution in [3.05, 3.63) is 23.9 Å². The summed E-state index contributed by atoms with van der Waals surface area (Å²) in [5, 5.41) is 3.54. The molecule has 6 nitrogen and oxygen atoms in total. The lowest BCUT2D eigenvalue weighted by atomic mass is 9.87. The van der Waals surface area contributed by atoms with Gasteiger partial charge in [0.2, 0.25) is 0 Å². The van der Waals surface area contributed by atoms with Crippen LogP contribution in [0.5, 0.6) is 0 Å². The van der Waals surface area contributed by atoms with Gasteiger partial charge in [-0.3, -0.25) is 0 Å². The normalized spacial score (nSPS) is 24.9. The van der Waals surface area contributed by atoms with Crippen molar-refractivity contribution >= 4 is 23.5 Å². The summed E-state index contributed by atoms with van der Waals surface area (Å²) in [6, 6.07) is 4.30. The number of hydrogen-bond acceptors (Lipinski definition) is 5. The van der Waals surface area contributed by atoms with Crippen LogP contribution in [0.2, 0.25) is 0 Å². The van der Waals surface area contributed by atoms with E-state index in [0.29, 0.717) is 11.3 Å². The topological polar surface area (TPSA) is 53.0 Å². The van der Waals surface area contributed by atoms with E-state index in [1.807, 2.05) is 6.20 Å². The third kappa shape index (κ3) is 5.41. The Hall–Kier alpha value is -1.47. The number of aromatic nitrogens is 1. The number of anilines is 1. The zero-order valence-electron chi connectivity index (χ0n) is 18.6. The molecule has 3 heterocycles. The van der Waals surface area contributed by atoms with Gasteiger partial charge in [0.05, 0.1) is 19.3 Å². The molecular formula is C23H37N5OS. The fourth-order valence-corrected chi connectivity index (χ4v) is 6.41. The molecular weight excluding hydrogens is 394 g/mol. The Labute approximate surface area is 185 Å². The first-order valence-corrected chi connectivity index (χ1v) is 12.6. The minimum absolute atomic E-state index is 0.266. The highest BCUT2D eigenvalue weighted by Gasteiger charge is 2.38. The molecule has 3 fully saturated rings. The highest BCUT2D eigenvalue weighted by molar-refractivity contribution is 8.00. The fraction of sp³-hybridized carbons (Fsp3) is 0.739. The number of nitrogens with one attached hydrogen (secondary N) is 1. The van der Waals surface area contributed by atoms with Crippen molar-refractivity contribution in [1.82, 2.24) is 15.2 Å². The second-order valence-electron chi connectivity index (χ2n) is 8.84. The molecule has 1 spiro atoms. The molecule has 3 aliphatic rings. The van der Waals surface area contributed by atoms with E-state index in [1.54, 1.807) is 0 Å². The Kier molecular flexibility index (Phi) is 7.41. The maximum atomic E-state index is 5.64. The molecule has 2 saturated heterocycles. The van der Waals surface area contributed by atoms with Gasteiger partial charge in [-0.25, -0.2) is 9.98 Å². The molecule has 0 aromatic carbocycles. The molecule has 1 unspecified atom stereocenters. The Bertz CT molecular complexity index is 699. The second kappa shape index (κ2) is 10.2. The van der Waals surface area contributed by atoms with E-state index in [0.717, 1.165) is 56.7 Å². The lowest BCUT2D eigenvalue weighted by molar-refractivity contribution is 0.0529. The highest BCUT2D eigenvalue weighted by Crippen LogP contribution is 2.42. The Morgan fingerprint density at radius 2 is 2.17 bits per heavy atom. The number of aliphatic imine (C=N–C) groups is 1. The van der Waals surface area contributed by atoms with Crippen LogP contribution in [-0.2, 0) is 11.3 Å². The number of ether oxygens (including phenoxy) is 1. The summed E-state index contributed by atoms with van der Waals surface area (Å²) in [7, 11) is 0. The smallest absolute Gasteiger partial charge is 0.194 e. The molecule has 0 radical (unpaired) electrons. The Morgan fingerprint density at radius 3 is 2.90 bits per heavy atom. The fourth-order valence-electron chi connectivity index (χ4n) is 4.84. The average molecular weight is 432 g/mol. The van der Waals surface area contributed by atoms with Gasteiger partial charge in [0.25, 0.3) is 0 Å². The molecule has 7 heteroatoms. The van der Waals surface area contributed by atoms with Crippen molar-refractivity contribution in [1.29, 1.82) is 0 Å². The number of hydrogen-bond donors (Lipinski definition) is 1. The third-order valence-electron chi connectivity index (χ3n) is 6.43. The number of thioether (sulfide) groups is 1. The summed E-state index contributed by atoms with van der Waals surface area (Å²) in [5.41, 5.74) is 1.16. The van der Waals surface area contributed by atoms with E-state index < -0.39 is 0 Å². The van der Waals surface area contributed by atoms with Crippen LogP contribution in [0.1, 0.15) is 51.5 Å². The first-order chi connectivity index (χ1) is 14.7. The van der Waals surface area contributed by atoms with Crippen LogP contribution >= 0.6 is 11.8 Å². The van der Waals surface area contributed by atoms with Gasteiger partial charge < -0.3 is 19.9 Å². The predicted molar refractivity (Wildman–Crippen MR) is 127 cm³/mol.